The van der Waals surface area contributed by atoms with E-state index in [2.05, 4.69) is 5.18 Å². The van der Waals surface area contributed by atoms with E-state index in [1.54, 1.807) is 6.92 Å². The third-order valence-electron chi connectivity index (χ3n) is 0.129. The van der Waals surface area contributed by atoms with Gasteiger partial charge in [0.1, 0.15) is 0 Å². The molecule has 0 fully saturated rings. The van der Waals surface area contributed by atoms with E-state index < -0.39 is 7.25 Å². The molecule has 0 aromatic heterocycles. The Morgan fingerprint density at radius 1 is 1.33 bits per heavy atom. The van der Waals surface area contributed by atoms with Crippen LogP contribution in [0.4, 0.5) is 17.3 Å². The molecule has 0 aliphatic heterocycles. The van der Waals surface area contributed by atoms with Crippen molar-refractivity contribution in [3.8, 4) is 0 Å². The predicted molar refractivity (Wildman–Crippen MR) is 26.5 cm³/mol. The minimum atomic E-state index is -6.00. The smallest absolute Gasteiger partial charge is 0.418 e. The normalized spacial score (nSPS) is 9.44. The Labute approximate surface area is 49.3 Å². The zero-order chi connectivity index (χ0) is 7.91. The van der Waals surface area contributed by atoms with Gasteiger partial charge in [-0.05, 0) is 6.92 Å². The lowest BCUT2D eigenvalue weighted by Gasteiger charge is -1.94. The number of nitroso groups, excluding NO2 is 1. The quantitative estimate of drug-likeness (QED) is 0.316. The van der Waals surface area contributed by atoms with E-state index in [-0.39, 0.29) is 0 Å². The highest BCUT2D eigenvalue weighted by atomic mass is 19.5. The van der Waals surface area contributed by atoms with Gasteiger partial charge in [-0.2, -0.15) is 4.91 Å². The first-order chi connectivity index (χ1) is 3.91. The molecule has 0 atom stereocenters. The van der Waals surface area contributed by atoms with Gasteiger partial charge in [0.25, 0.3) is 0 Å². The summed E-state index contributed by atoms with van der Waals surface area (Å²) in [5.74, 6) is 0. The minimum absolute atomic E-state index is 0.389. The lowest BCUT2D eigenvalue weighted by molar-refractivity contribution is 0.368. The molecule has 0 N–H and O–H groups in total. The third kappa shape index (κ3) is 1450. The second-order valence-electron chi connectivity index (χ2n) is 0.940. The van der Waals surface area contributed by atoms with Crippen LogP contribution in [0.15, 0.2) is 5.18 Å². The zero-order valence-electron chi connectivity index (χ0n) is 4.65. The molecule has 0 aromatic carbocycles. The molecule has 0 bridgehead atoms. The number of rotatable bonds is 1. The molecule has 0 saturated carbocycles. The van der Waals surface area contributed by atoms with Crippen LogP contribution in [0, 0.1) is 4.91 Å². The van der Waals surface area contributed by atoms with Crippen molar-refractivity contribution in [1.82, 2.24) is 0 Å². The molecule has 56 valence electrons. The highest BCUT2D eigenvalue weighted by Gasteiger charge is 2.20. The van der Waals surface area contributed by atoms with Crippen molar-refractivity contribution >= 4 is 7.25 Å². The van der Waals surface area contributed by atoms with Gasteiger partial charge in [0.2, 0.25) is 0 Å². The van der Waals surface area contributed by atoms with Gasteiger partial charge in [-0.3, -0.25) is 0 Å². The lowest BCUT2D eigenvalue weighted by Crippen LogP contribution is -2.02. The molecule has 0 aliphatic carbocycles. The Morgan fingerprint density at radius 2 is 1.44 bits per heavy atom. The molecule has 0 aliphatic rings. The maximum absolute atomic E-state index is 9.75. The summed E-state index contributed by atoms with van der Waals surface area (Å²) in [6, 6.07) is 0. The van der Waals surface area contributed by atoms with E-state index in [1.165, 1.54) is 0 Å². The van der Waals surface area contributed by atoms with Gasteiger partial charge in [-0.25, -0.2) is 0 Å². The molecule has 0 spiro atoms. The fraction of sp³-hybridized carbons (Fsp3) is 1.00. The summed E-state index contributed by atoms with van der Waals surface area (Å²) in [5.41, 5.74) is 0. The summed E-state index contributed by atoms with van der Waals surface area (Å²) < 4.78 is 39.0. The van der Waals surface area contributed by atoms with Crippen LogP contribution < -0.4 is 0 Å². The fourth-order valence-electron chi connectivity index (χ4n) is 0. The van der Waals surface area contributed by atoms with Gasteiger partial charge in [-0.1, -0.05) is 5.18 Å². The van der Waals surface area contributed by atoms with Crippen LogP contribution in [0.3, 0.4) is 0 Å². The SMILES string of the molecule is CCN=O.F[B-](F)(F)F. The highest BCUT2D eigenvalue weighted by molar-refractivity contribution is 6.50. The monoisotopic (exact) mass is 146 g/mol. The van der Waals surface area contributed by atoms with Crippen LogP contribution >= 0.6 is 0 Å². The predicted octanol–water partition coefficient (Wildman–Crippen LogP) is 2.07. The molecule has 0 saturated heterocycles. The van der Waals surface area contributed by atoms with Crippen LogP contribution in [0.25, 0.3) is 0 Å². The van der Waals surface area contributed by atoms with E-state index in [0.29, 0.717) is 6.54 Å². The molecule has 2 nitrogen and oxygen atoms in total. The Bertz CT molecular complexity index is 67.5. The second kappa shape index (κ2) is 5.52. The molecule has 9 heavy (non-hydrogen) atoms. The van der Waals surface area contributed by atoms with Gasteiger partial charge < -0.3 is 17.3 Å². The fourth-order valence-corrected chi connectivity index (χ4v) is 0. The van der Waals surface area contributed by atoms with Crippen molar-refractivity contribution in [2.45, 2.75) is 6.92 Å². The molecule has 0 heterocycles. The summed E-state index contributed by atoms with van der Waals surface area (Å²) in [4.78, 5) is 8.92. The Balaban J connectivity index is 0. The molecule has 0 unspecified atom stereocenters. The Kier molecular flexibility index (Phi) is 6.88. The Hall–Kier alpha value is -0.615. The minimum Gasteiger partial charge on any atom is -0.418 e. The number of halogens is 4. The van der Waals surface area contributed by atoms with Crippen LogP contribution in [-0.4, -0.2) is 13.8 Å². The molecule has 0 amide bonds. The van der Waals surface area contributed by atoms with E-state index in [0.717, 1.165) is 0 Å². The van der Waals surface area contributed by atoms with Gasteiger partial charge >= 0.3 is 7.25 Å². The molecular formula is C2H5BF4NO-. The maximum atomic E-state index is 9.75. The van der Waals surface area contributed by atoms with Gasteiger partial charge in [-0.15, -0.1) is 0 Å². The second-order valence-corrected chi connectivity index (χ2v) is 0.940. The Morgan fingerprint density at radius 3 is 1.44 bits per heavy atom. The summed E-state index contributed by atoms with van der Waals surface area (Å²) >= 11 is 0. The maximum Gasteiger partial charge on any atom is 0.673 e. The van der Waals surface area contributed by atoms with E-state index >= 15 is 0 Å². The molecule has 0 aromatic rings. The van der Waals surface area contributed by atoms with Crippen molar-refractivity contribution in [2.24, 2.45) is 5.18 Å². The zero-order valence-corrected chi connectivity index (χ0v) is 4.65. The van der Waals surface area contributed by atoms with Crippen molar-refractivity contribution in [3.05, 3.63) is 4.91 Å². The van der Waals surface area contributed by atoms with Crippen molar-refractivity contribution in [3.63, 3.8) is 0 Å². The lowest BCUT2D eigenvalue weighted by atomic mass is 10.3. The molecule has 0 radical (unpaired) electrons. The molecule has 0 rings (SSSR count). The number of nitrogens with zero attached hydrogens (tertiary/aromatic N) is 1. The standard InChI is InChI=1S/C2H5NO.BF4/c1-2-3-4;2-1(3,4)5/h2H2,1H3;/q;-1. The van der Waals surface area contributed by atoms with E-state index in [9.17, 15) is 17.3 Å². The van der Waals surface area contributed by atoms with Crippen molar-refractivity contribution < 1.29 is 17.3 Å². The first-order valence-electron chi connectivity index (χ1n) is 2.08. The van der Waals surface area contributed by atoms with Crippen molar-refractivity contribution in [1.29, 1.82) is 0 Å². The van der Waals surface area contributed by atoms with Crippen LogP contribution in [0.1, 0.15) is 6.92 Å². The van der Waals surface area contributed by atoms with Crippen LogP contribution in [0.2, 0.25) is 0 Å². The van der Waals surface area contributed by atoms with E-state index in [4.69, 9.17) is 4.91 Å². The number of hydrogen-bond acceptors (Lipinski definition) is 2. The molecule has 7 heteroatoms. The van der Waals surface area contributed by atoms with E-state index in [1.807, 2.05) is 0 Å². The highest BCUT2D eigenvalue weighted by Crippen LogP contribution is 2.06. The number of hydrogen-bond donors (Lipinski definition) is 0. The summed E-state index contributed by atoms with van der Waals surface area (Å²) in [6.45, 7) is 2.09. The first kappa shape index (κ1) is 11.2. The largest absolute Gasteiger partial charge is 0.673 e. The summed E-state index contributed by atoms with van der Waals surface area (Å²) in [7, 11) is -6.00. The topological polar surface area (TPSA) is 29.4 Å². The van der Waals surface area contributed by atoms with Gasteiger partial charge in [0.05, 0.1) is 6.54 Å². The summed E-state index contributed by atoms with van der Waals surface area (Å²) in [5, 5.41) is 2.49. The van der Waals surface area contributed by atoms with Gasteiger partial charge in [0, 0.05) is 0 Å². The molecular weight excluding hydrogens is 141 g/mol. The average Bonchev–Trinajstić information content (AvgIpc) is 1.61. The van der Waals surface area contributed by atoms with Crippen molar-refractivity contribution in [2.75, 3.05) is 6.54 Å². The summed E-state index contributed by atoms with van der Waals surface area (Å²) in [6.07, 6.45) is 0. The first-order valence-corrected chi connectivity index (χ1v) is 2.08. The van der Waals surface area contributed by atoms with Gasteiger partial charge in [0.15, 0.2) is 0 Å². The third-order valence-corrected chi connectivity index (χ3v) is 0.129. The van der Waals surface area contributed by atoms with Crippen LogP contribution in [0.5, 0.6) is 0 Å². The van der Waals surface area contributed by atoms with Crippen LogP contribution in [-0.2, 0) is 0 Å². The average molecular weight is 146 g/mol.